The lowest BCUT2D eigenvalue weighted by Crippen LogP contribution is -2.34. The number of fused-ring (bicyclic) bond motifs is 1. The van der Waals surface area contributed by atoms with Crippen molar-refractivity contribution in [2.45, 2.75) is 33.2 Å². The van der Waals surface area contributed by atoms with Crippen molar-refractivity contribution >= 4 is 11.4 Å². The van der Waals surface area contributed by atoms with Gasteiger partial charge in [0.15, 0.2) is 0 Å². The lowest BCUT2D eigenvalue weighted by molar-refractivity contribution is 0.525. The van der Waals surface area contributed by atoms with E-state index in [1.807, 2.05) is 0 Å². The van der Waals surface area contributed by atoms with Crippen LogP contribution in [-0.2, 0) is 0 Å². The first-order chi connectivity index (χ1) is 7.16. The number of nitrogens with one attached hydrogen (secondary N) is 2. The summed E-state index contributed by atoms with van der Waals surface area (Å²) in [5.41, 5.74) is 3.86. The molecule has 1 aliphatic rings. The molecule has 0 amide bonds. The highest BCUT2D eigenvalue weighted by atomic mass is 15.1. The van der Waals surface area contributed by atoms with Gasteiger partial charge in [0.25, 0.3) is 0 Å². The van der Waals surface area contributed by atoms with Gasteiger partial charge in [-0.1, -0.05) is 26.0 Å². The summed E-state index contributed by atoms with van der Waals surface area (Å²) in [5, 5.41) is 7.13. The molecule has 1 atom stereocenters. The zero-order chi connectivity index (χ0) is 10.8. The minimum atomic E-state index is 0.568. The van der Waals surface area contributed by atoms with Crippen LogP contribution in [-0.4, -0.2) is 12.6 Å². The van der Waals surface area contributed by atoms with Crippen LogP contribution >= 0.6 is 0 Å². The van der Waals surface area contributed by atoms with Gasteiger partial charge in [0.2, 0.25) is 0 Å². The Hall–Kier alpha value is -1.18. The molecule has 0 bridgehead atoms. The van der Waals surface area contributed by atoms with Gasteiger partial charge in [-0.2, -0.15) is 0 Å². The van der Waals surface area contributed by atoms with Crippen molar-refractivity contribution < 1.29 is 0 Å². The van der Waals surface area contributed by atoms with E-state index in [0.717, 1.165) is 12.5 Å². The smallest absolute Gasteiger partial charge is 0.0608 e. The Labute approximate surface area is 92.1 Å². The summed E-state index contributed by atoms with van der Waals surface area (Å²) in [6.07, 6.45) is 1.22. The molecule has 0 saturated heterocycles. The lowest BCUT2D eigenvalue weighted by atomic mass is 10.0. The number of hydrogen-bond donors (Lipinski definition) is 2. The largest absolute Gasteiger partial charge is 0.381 e. The predicted octanol–water partition coefficient (Wildman–Crippen LogP) is 3.25. The quantitative estimate of drug-likeness (QED) is 0.772. The molecule has 82 valence electrons. The van der Waals surface area contributed by atoms with Gasteiger partial charge in [0, 0.05) is 12.6 Å². The fourth-order valence-corrected chi connectivity index (χ4v) is 2.21. The van der Waals surface area contributed by atoms with Gasteiger partial charge in [0.05, 0.1) is 11.4 Å². The van der Waals surface area contributed by atoms with Gasteiger partial charge < -0.3 is 10.6 Å². The van der Waals surface area contributed by atoms with Crippen molar-refractivity contribution in [3.8, 4) is 0 Å². The molecule has 1 heterocycles. The van der Waals surface area contributed by atoms with Crippen molar-refractivity contribution in [2.75, 3.05) is 17.2 Å². The number of rotatable bonds is 2. The van der Waals surface area contributed by atoms with Crippen LogP contribution in [0.5, 0.6) is 0 Å². The third-order valence-electron chi connectivity index (χ3n) is 2.92. The zero-order valence-electron chi connectivity index (χ0n) is 9.80. The van der Waals surface area contributed by atoms with Crippen LogP contribution < -0.4 is 10.6 Å². The highest BCUT2D eigenvalue weighted by Crippen LogP contribution is 2.30. The molecule has 0 fully saturated rings. The van der Waals surface area contributed by atoms with Crippen molar-refractivity contribution in [3.05, 3.63) is 23.8 Å². The SMILES string of the molecule is Cc1cccc2c1NC(CC(C)C)CN2. The normalized spacial score (nSPS) is 19.3. The first-order valence-electron chi connectivity index (χ1n) is 5.77. The van der Waals surface area contributed by atoms with Crippen LogP contribution in [0.2, 0.25) is 0 Å². The maximum absolute atomic E-state index is 3.63. The molecule has 1 aromatic rings. The summed E-state index contributed by atoms with van der Waals surface area (Å²) >= 11 is 0. The summed E-state index contributed by atoms with van der Waals surface area (Å²) in [6, 6.07) is 6.97. The third kappa shape index (κ3) is 2.25. The van der Waals surface area contributed by atoms with Gasteiger partial charge >= 0.3 is 0 Å². The fraction of sp³-hybridized carbons (Fsp3) is 0.538. The first-order valence-corrected chi connectivity index (χ1v) is 5.77. The highest BCUT2D eigenvalue weighted by Gasteiger charge is 2.18. The Morgan fingerprint density at radius 3 is 2.93 bits per heavy atom. The van der Waals surface area contributed by atoms with E-state index in [-0.39, 0.29) is 0 Å². The summed E-state index contributed by atoms with van der Waals surface area (Å²) in [5.74, 6) is 0.745. The molecular formula is C13H20N2. The highest BCUT2D eigenvalue weighted by molar-refractivity contribution is 5.74. The van der Waals surface area contributed by atoms with Gasteiger partial charge in [-0.05, 0) is 30.9 Å². The minimum absolute atomic E-state index is 0.568. The van der Waals surface area contributed by atoms with Gasteiger partial charge in [0.1, 0.15) is 0 Å². The number of anilines is 2. The number of aryl methyl sites for hydroxylation is 1. The molecule has 15 heavy (non-hydrogen) atoms. The molecule has 0 aromatic heterocycles. The van der Waals surface area contributed by atoms with Crippen LogP contribution in [0.3, 0.4) is 0 Å². The molecule has 0 radical (unpaired) electrons. The maximum Gasteiger partial charge on any atom is 0.0608 e. The molecule has 1 aliphatic heterocycles. The van der Waals surface area contributed by atoms with Gasteiger partial charge in [-0.15, -0.1) is 0 Å². The first kappa shape index (κ1) is 10.3. The Morgan fingerprint density at radius 1 is 1.40 bits per heavy atom. The van der Waals surface area contributed by atoms with E-state index >= 15 is 0 Å². The standard InChI is InChI=1S/C13H20N2/c1-9(2)7-11-8-14-12-6-4-5-10(3)13(12)15-11/h4-6,9,11,14-15H,7-8H2,1-3H3. The van der Waals surface area contributed by atoms with Gasteiger partial charge in [-0.3, -0.25) is 0 Å². The van der Waals surface area contributed by atoms with E-state index < -0.39 is 0 Å². The predicted molar refractivity (Wildman–Crippen MR) is 66.5 cm³/mol. The van der Waals surface area contributed by atoms with Crippen LogP contribution in [0.4, 0.5) is 11.4 Å². The second kappa shape index (κ2) is 4.13. The van der Waals surface area contributed by atoms with E-state index in [4.69, 9.17) is 0 Å². The van der Waals surface area contributed by atoms with E-state index in [0.29, 0.717) is 6.04 Å². The molecule has 0 aliphatic carbocycles. The van der Waals surface area contributed by atoms with Crippen molar-refractivity contribution in [1.82, 2.24) is 0 Å². The molecule has 1 unspecified atom stereocenters. The Balaban J connectivity index is 2.15. The van der Waals surface area contributed by atoms with Crippen LogP contribution in [0.15, 0.2) is 18.2 Å². The van der Waals surface area contributed by atoms with Crippen molar-refractivity contribution in [2.24, 2.45) is 5.92 Å². The zero-order valence-corrected chi connectivity index (χ0v) is 9.80. The summed E-state index contributed by atoms with van der Waals surface area (Å²) in [7, 11) is 0. The van der Waals surface area contributed by atoms with Crippen LogP contribution in [0.1, 0.15) is 25.8 Å². The fourth-order valence-electron chi connectivity index (χ4n) is 2.21. The Morgan fingerprint density at radius 2 is 2.20 bits per heavy atom. The van der Waals surface area contributed by atoms with Crippen LogP contribution in [0.25, 0.3) is 0 Å². The number of benzene rings is 1. The van der Waals surface area contributed by atoms with E-state index in [2.05, 4.69) is 49.6 Å². The monoisotopic (exact) mass is 204 g/mol. The average molecular weight is 204 g/mol. The molecule has 2 heteroatoms. The van der Waals surface area contributed by atoms with Crippen molar-refractivity contribution in [3.63, 3.8) is 0 Å². The van der Waals surface area contributed by atoms with Gasteiger partial charge in [-0.25, -0.2) is 0 Å². The second-order valence-corrected chi connectivity index (χ2v) is 4.85. The van der Waals surface area contributed by atoms with Crippen molar-refractivity contribution in [1.29, 1.82) is 0 Å². The van der Waals surface area contributed by atoms with E-state index in [9.17, 15) is 0 Å². The number of hydrogen-bond acceptors (Lipinski definition) is 2. The van der Waals surface area contributed by atoms with E-state index in [1.165, 1.54) is 23.4 Å². The number of para-hydroxylation sites is 1. The molecular weight excluding hydrogens is 184 g/mol. The Kier molecular flexibility index (Phi) is 2.85. The molecule has 0 saturated carbocycles. The Bertz CT molecular complexity index is 344. The lowest BCUT2D eigenvalue weighted by Gasteiger charge is -2.30. The molecule has 2 nitrogen and oxygen atoms in total. The molecule has 2 N–H and O–H groups in total. The molecule has 0 spiro atoms. The third-order valence-corrected chi connectivity index (χ3v) is 2.92. The minimum Gasteiger partial charge on any atom is -0.381 e. The topological polar surface area (TPSA) is 24.1 Å². The average Bonchev–Trinajstić information content (AvgIpc) is 2.18. The maximum atomic E-state index is 3.63. The van der Waals surface area contributed by atoms with Crippen LogP contribution in [0, 0.1) is 12.8 Å². The second-order valence-electron chi connectivity index (χ2n) is 4.85. The summed E-state index contributed by atoms with van der Waals surface area (Å²) in [6.45, 7) is 7.74. The molecule has 1 aromatic carbocycles. The summed E-state index contributed by atoms with van der Waals surface area (Å²) < 4.78 is 0. The van der Waals surface area contributed by atoms with E-state index in [1.54, 1.807) is 0 Å². The molecule has 2 rings (SSSR count). The summed E-state index contributed by atoms with van der Waals surface area (Å²) in [4.78, 5) is 0.